The first-order valence-corrected chi connectivity index (χ1v) is 7.37. The Hall–Kier alpha value is -1.49. The van der Waals surface area contributed by atoms with Gasteiger partial charge >= 0.3 is 0 Å². The van der Waals surface area contributed by atoms with Crippen LogP contribution in [-0.4, -0.2) is 41.1 Å². The maximum Gasteiger partial charge on any atom is 0.268 e. The largest absolute Gasteiger partial charge is 0.397 e. The number of anilines is 1. The molecule has 1 atom stereocenters. The lowest BCUT2D eigenvalue weighted by atomic mass is 10.2. The average molecular weight is 278 g/mol. The van der Waals surface area contributed by atoms with Crippen LogP contribution >= 0.6 is 0 Å². The fraction of sp³-hybridized carbons (Fsp3) is 0.667. The summed E-state index contributed by atoms with van der Waals surface area (Å²) in [4.78, 5) is 14.6. The van der Waals surface area contributed by atoms with Gasteiger partial charge in [-0.05, 0) is 46.7 Å². The highest BCUT2D eigenvalue weighted by atomic mass is 16.1. The predicted octanol–water partition coefficient (Wildman–Crippen LogP) is 1.86. The van der Waals surface area contributed by atoms with Gasteiger partial charge in [0.05, 0.1) is 5.69 Å². The molecule has 1 saturated carbocycles. The first-order valence-electron chi connectivity index (χ1n) is 7.37. The Bertz CT molecular complexity index is 476. The molecule has 3 N–H and O–H groups in total. The minimum atomic E-state index is -0.0496. The lowest BCUT2D eigenvalue weighted by Gasteiger charge is -2.24. The van der Waals surface area contributed by atoms with Gasteiger partial charge in [-0.15, -0.1) is 0 Å². The minimum Gasteiger partial charge on any atom is -0.397 e. The first-order chi connectivity index (χ1) is 9.40. The summed E-state index contributed by atoms with van der Waals surface area (Å²) in [5, 5.41) is 3.01. The summed E-state index contributed by atoms with van der Waals surface area (Å²) in [6.07, 6.45) is 4.38. The number of aromatic nitrogens is 1. The zero-order valence-electron chi connectivity index (χ0n) is 12.9. The van der Waals surface area contributed by atoms with E-state index in [0.29, 0.717) is 30.0 Å². The van der Waals surface area contributed by atoms with Crippen molar-refractivity contribution >= 4 is 11.6 Å². The third-order valence-electron chi connectivity index (χ3n) is 4.03. The number of nitrogens with one attached hydrogen (secondary N) is 1. The molecule has 5 heteroatoms. The zero-order chi connectivity index (χ0) is 14.9. The van der Waals surface area contributed by atoms with Crippen molar-refractivity contribution in [3.05, 3.63) is 18.0 Å². The lowest BCUT2D eigenvalue weighted by Crippen LogP contribution is -2.41. The number of hydrogen-bond acceptors (Lipinski definition) is 3. The maximum atomic E-state index is 12.3. The predicted molar refractivity (Wildman–Crippen MR) is 81.8 cm³/mol. The van der Waals surface area contributed by atoms with Crippen LogP contribution in [0.5, 0.6) is 0 Å². The van der Waals surface area contributed by atoms with E-state index in [9.17, 15) is 4.79 Å². The van der Waals surface area contributed by atoms with Gasteiger partial charge in [0.15, 0.2) is 0 Å². The highest BCUT2D eigenvalue weighted by Crippen LogP contribution is 2.26. The molecule has 0 spiro atoms. The number of carbonyl (C=O) groups excluding carboxylic acids is 1. The molecule has 1 fully saturated rings. The average Bonchev–Trinajstić information content (AvgIpc) is 3.16. The molecular weight excluding hydrogens is 252 g/mol. The van der Waals surface area contributed by atoms with Crippen molar-refractivity contribution in [2.45, 2.75) is 51.7 Å². The number of likely N-dealkylation sites (N-methyl/N-ethyl adjacent to an activating group) is 1. The second-order valence-electron chi connectivity index (χ2n) is 6.12. The van der Waals surface area contributed by atoms with Gasteiger partial charge in [0, 0.05) is 30.9 Å². The number of nitrogens with zero attached hydrogens (tertiary/aromatic N) is 2. The summed E-state index contributed by atoms with van der Waals surface area (Å²) in [6, 6.07) is 3.02. The van der Waals surface area contributed by atoms with Crippen LogP contribution in [0.1, 0.15) is 50.1 Å². The molecule has 1 amide bonds. The topological polar surface area (TPSA) is 63.3 Å². The van der Waals surface area contributed by atoms with Crippen molar-refractivity contribution < 1.29 is 4.79 Å². The van der Waals surface area contributed by atoms with E-state index in [1.54, 1.807) is 6.07 Å². The fourth-order valence-electron chi connectivity index (χ4n) is 2.43. The van der Waals surface area contributed by atoms with E-state index < -0.39 is 0 Å². The Morgan fingerprint density at radius 1 is 1.50 bits per heavy atom. The molecule has 20 heavy (non-hydrogen) atoms. The van der Waals surface area contributed by atoms with Crippen molar-refractivity contribution in [1.82, 2.24) is 14.8 Å². The molecular formula is C15H26N4O. The summed E-state index contributed by atoms with van der Waals surface area (Å²) in [5.41, 5.74) is 7.07. The van der Waals surface area contributed by atoms with Crippen LogP contribution in [0.15, 0.2) is 12.3 Å². The van der Waals surface area contributed by atoms with Gasteiger partial charge in [-0.2, -0.15) is 0 Å². The highest BCUT2D eigenvalue weighted by Gasteiger charge is 2.29. The van der Waals surface area contributed by atoms with E-state index >= 15 is 0 Å². The number of nitrogens with two attached hydrogens (primary N) is 1. The van der Waals surface area contributed by atoms with E-state index in [4.69, 9.17) is 5.73 Å². The smallest absolute Gasteiger partial charge is 0.268 e. The van der Waals surface area contributed by atoms with Crippen molar-refractivity contribution in [1.29, 1.82) is 0 Å². The van der Waals surface area contributed by atoms with Crippen molar-refractivity contribution in [2.24, 2.45) is 0 Å². The van der Waals surface area contributed by atoms with Gasteiger partial charge in [0.2, 0.25) is 0 Å². The number of rotatable bonds is 6. The normalized spacial score (nSPS) is 16.7. The molecule has 1 aromatic rings. The number of hydrogen-bond donors (Lipinski definition) is 2. The summed E-state index contributed by atoms with van der Waals surface area (Å²) >= 11 is 0. The van der Waals surface area contributed by atoms with Crippen LogP contribution in [0, 0.1) is 0 Å². The quantitative estimate of drug-likeness (QED) is 0.835. The van der Waals surface area contributed by atoms with Crippen LogP contribution in [0.4, 0.5) is 5.69 Å². The Kier molecular flexibility index (Phi) is 4.38. The monoisotopic (exact) mass is 278 g/mol. The van der Waals surface area contributed by atoms with Crippen LogP contribution in [0.3, 0.4) is 0 Å². The zero-order valence-corrected chi connectivity index (χ0v) is 12.9. The lowest BCUT2D eigenvalue weighted by molar-refractivity contribution is 0.0928. The maximum absolute atomic E-state index is 12.3. The Balaban J connectivity index is 1.94. The van der Waals surface area contributed by atoms with Crippen LogP contribution < -0.4 is 11.1 Å². The summed E-state index contributed by atoms with van der Waals surface area (Å²) < 4.78 is 1.92. The summed E-state index contributed by atoms with van der Waals surface area (Å²) in [7, 11) is 2.13. The van der Waals surface area contributed by atoms with Crippen molar-refractivity contribution in [3.63, 3.8) is 0 Å². The van der Waals surface area contributed by atoms with Crippen LogP contribution in [0.25, 0.3) is 0 Å². The molecule has 1 aromatic heterocycles. The Morgan fingerprint density at radius 2 is 2.15 bits per heavy atom. The number of carbonyl (C=O) groups is 1. The molecule has 0 aromatic carbocycles. The third-order valence-corrected chi connectivity index (χ3v) is 4.03. The van der Waals surface area contributed by atoms with Gasteiger partial charge in [0.25, 0.3) is 5.91 Å². The van der Waals surface area contributed by atoms with Crippen LogP contribution in [0.2, 0.25) is 0 Å². The molecule has 1 heterocycles. The Labute approximate surface area is 121 Å². The second kappa shape index (κ2) is 5.87. The van der Waals surface area contributed by atoms with Gasteiger partial charge in [0.1, 0.15) is 5.69 Å². The second-order valence-corrected chi connectivity index (χ2v) is 6.12. The van der Waals surface area contributed by atoms with E-state index in [2.05, 4.69) is 24.2 Å². The number of nitrogen functional groups attached to an aromatic ring is 1. The molecule has 1 unspecified atom stereocenters. The van der Waals surface area contributed by atoms with Gasteiger partial charge in [-0.1, -0.05) is 0 Å². The highest BCUT2D eigenvalue weighted by molar-refractivity contribution is 5.93. The van der Waals surface area contributed by atoms with Gasteiger partial charge in [-0.3, -0.25) is 9.69 Å². The molecule has 0 saturated heterocycles. The molecule has 112 valence electrons. The van der Waals surface area contributed by atoms with Gasteiger partial charge < -0.3 is 15.6 Å². The molecule has 0 aliphatic heterocycles. The van der Waals surface area contributed by atoms with Gasteiger partial charge in [-0.25, -0.2) is 0 Å². The van der Waals surface area contributed by atoms with Crippen molar-refractivity contribution in [2.75, 3.05) is 19.3 Å². The third kappa shape index (κ3) is 3.33. The molecule has 5 nitrogen and oxygen atoms in total. The van der Waals surface area contributed by atoms with E-state index in [1.165, 1.54) is 12.8 Å². The molecule has 1 aliphatic carbocycles. The van der Waals surface area contributed by atoms with E-state index in [1.807, 2.05) is 24.6 Å². The van der Waals surface area contributed by atoms with Crippen LogP contribution in [-0.2, 0) is 0 Å². The van der Waals surface area contributed by atoms with E-state index in [-0.39, 0.29) is 11.9 Å². The SMILES string of the molecule is CC(CNC(=O)c1cc(N)cn1C(C)C)N(C)C1CC1. The number of amides is 1. The summed E-state index contributed by atoms with van der Waals surface area (Å²) in [5.74, 6) is -0.0496. The fourth-order valence-corrected chi connectivity index (χ4v) is 2.43. The standard InChI is InChI=1S/C15H26N4O/c1-10(2)19-9-12(16)7-14(19)15(20)17-8-11(3)18(4)13-5-6-13/h7,9-11,13H,5-6,8,16H2,1-4H3,(H,17,20). The van der Waals surface area contributed by atoms with E-state index in [0.717, 1.165) is 0 Å². The first kappa shape index (κ1) is 14.9. The minimum absolute atomic E-state index is 0.0496. The molecule has 1 aliphatic rings. The molecule has 2 rings (SSSR count). The Morgan fingerprint density at radius 3 is 2.70 bits per heavy atom. The molecule has 0 radical (unpaired) electrons. The molecule has 0 bridgehead atoms. The van der Waals surface area contributed by atoms with Crippen molar-refractivity contribution in [3.8, 4) is 0 Å². The summed E-state index contributed by atoms with van der Waals surface area (Å²) in [6.45, 7) is 6.89.